The predicted molar refractivity (Wildman–Crippen MR) is 122 cm³/mol. The molecule has 32 heavy (non-hydrogen) atoms. The summed E-state index contributed by atoms with van der Waals surface area (Å²) in [6.45, 7) is 7.92. The molecule has 3 saturated carbocycles. The summed E-state index contributed by atoms with van der Waals surface area (Å²) in [7, 11) is 0. The molecule has 4 aliphatic carbocycles. The Morgan fingerprint density at radius 3 is 2.69 bits per heavy atom. The topological polar surface area (TPSA) is 80.7 Å². The number of fused-ring (bicyclic) bond motifs is 5. The first kappa shape index (κ1) is 23.7. The molecule has 4 aliphatic rings. The number of allylic oxidation sites excluding steroid dienone is 2. The Labute approximate surface area is 192 Å². The van der Waals surface area contributed by atoms with Crippen LogP contribution in [0.3, 0.4) is 0 Å². The summed E-state index contributed by atoms with van der Waals surface area (Å²) in [5.74, 6) is 0.613. The minimum Gasteiger partial charge on any atom is -0.450 e. The van der Waals surface area contributed by atoms with Crippen LogP contribution in [0.5, 0.6) is 0 Å². The SMILES string of the molecule is CCCCC(=O)O[C@]1(C(=O)CO)[C@@H](C)C[C@H]2[C@@H]3CC[C@H]4CC(=O)CC[C@]4(C)C3=CC[C@@]21C. The minimum absolute atomic E-state index is 0.0609. The number of hydrogen-bond donors (Lipinski definition) is 1. The lowest BCUT2D eigenvalue weighted by Gasteiger charge is -2.57. The first-order chi connectivity index (χ1) is 15.1. The van der Waals surface area contributed by atoms with Gasteiger partial charge in [-0.2, -0.15) is 0 Å². The molecule has 0 spiro atoms. The van der Waals surface area contributed by atoms with Crippen molar-refractivity contribution >= 4 is 17.5 Å². The summed E-state index contributed by atoms with van der Waals surface area (Å²) in [6.07, 6.45) is 10.1. The monoisotopic (exact) mass is 444 g/mol. The van der Waals surface area contributed by atoms with Gasteiger partial charge in [0.25, 0.3) is 0 Å². The van der Waals surface area contributed by atoms with Crippen LogP contribution in [0.25, 0.3) is 0 Å². The van der Waals surface area contributed by atoms with Crippen LogP contribution in [-0.4, -0.2) is 34.9 Å². The quantitative estimate of drug-likeness (QED) is 0.470. The molecule has 0 aromatic carbocycles. The van der Waals surface area contributed by atoms with Gasteiger partial charge in [0.2, 0.25) is 5.78 Å². The van der Waals surface area contributed by atoms with Crippen LogP contribution in [0.2, 0.25) is 0 Å². The van der Waals surface area contributed by atoms with Crippen LogP contribution in [0, 0.1) is 34.5 Å². The molecule has 0 saturated heterocycles. The number of aliphatic hydroxyl groups is 1. The molecule has 3 fully saturated rings. The van der Waals surface area contributed by atoms with E-state index in [1.807, 2.05) is 13.8 Å². The van der Waals surface area contributed by atoms with Crippen LogP contribution >= 0.6 is 0 Å². The van der Waals surface area contributed by atoms with Gasteiger partial charge in [-0.3, -0.25) is 14.4 Å². The van der Waals surface area contributed by atoms with Crippen LogP contribution < -0.4 is 0 Å². The van der Waals surface area contributed by atoms with E-state index in [0.29, 0.717) is 43.3 Å². The van der Waals surface area contributed by atoms with E-state index >= 15 is 0 Å². The van der Waals surface area contributed by atoms with Gasteiger partial charge < -0.3 is 9.84 Å². The second-order valence-electron chi connectivity index (χ2n) is 11.5. The summed E-state index contributed by atoms with van der Waals surface area (Å²) >= 11 is 0. The third-order valence-corrected chi connectivity index (χ3v) is 9.95. The summed E-state index contributed by atoms with van der Waals surface area (Å²) < 4.78 is 6.14. The van der Waals surface area contributed by atoms with Gasteiger partial charge in [0.1, 0.15) is 12.4 Å². The van der Waals surface area contributed by atoms with Crippen LogP contribution in [0.15, 0.2) is 11.6 Å². The number of ether oxygens (including phenoxy) is 1. The maximum Gasteiger partial charge on any atom is 0.306 e. The molecule has 0 radical (unpaired) electrons. The van der Waals surface area contributed by atoms with Crippen molar-refractivity contribution < 1.29 is 24.2 Å². The van der Waals surface area contributed by atoms with Gasteiger partial charge in [0.05, 0.1) is 0 Å². The Morgan fingerprint density at radius 2 is 2.00 bits per heavy atom. The Balaban J connectivity index is 1.72. The molecule has 1 N–H and O–H groups in total. The fraction of sp³-hybridized carbons (Fsp3) is 0.815. The van der Waals surface area contributed by atoms with Crippen molar-refractivity contribution in [3.63, 3.8) is 0 Å². The van der Waals surface area contributed by atoms with E-state index in [9.17, 15) is 19.5 Å². The molecule has 0 unspecified atom stereocenters. The number of hydrogen-bond acceptors (Lipinski definition) is 5. The van der Waals surface area contributed by atoms with Gasteiger partial charge in [-0.25, -0.2) is 0 Å². The number of ketones is 2. The first-order valence-corrected chi connectivity index (χ1v) is 12.7. The Morgan fingerprint density at radius 1 is 1.25 bits per heavy atom. The molecular weight excluding hydrogens is 404 g/mol. The maximum absolute atomic E-state index is 13.3. The summed E-state index contributed by atoms with van der Waals surface area (Å²) in [4.78, 5) is 38.3. The summed E-state index contributed by atoms with van der Waals surface area (Å²) in [5, 5.41) is 9.94. The molecule has 0 aromatic heterocycles. The maximum atomic E-state index is 13.3. The fourth-order valence-electron chi connectivity index (χ4n) is 8.18. The zero-order valence-corrected chi connectivity index (χ0v) is 20.2. The molecule has 7 atom stereocenters. The number of esters is 1. The van der Waals surface area contributed by atoms with Gasteiger partial charge in [-0.05, 0) is 61.7 Å². The highest BCUT2D eigenvalue weighted by atomic mass is 16.6. The van der Waals surface area contributed by atoms with Crippen molar-refractivity contribution in [3.8, 4) is 0 Å². The normalized spacial score (nSPS) is 43.0. The number of carbonyl (C=O) groups excluding carboxylic acids is 3. The highest BCUT2D eigenvalue weighted by Crippen LogP contribution is 2.68. The number of aliphatic hydroxyl groups excluding tert-OH is 1. The third kappa shape index (κ3) is 3.25. The van der Waals surface area contributed by atoms with E-state index < -0.39 is 17.6 Å². The zero-order chi connectivity index (χ0) is 23.3. The minimum atomic E-state index is -1.26. The number of rotatable bonds is 6. The van der Waals surface area contributed by atoms with Crippen LogP contribution in [0.4, 0.5) is 0 Å². The van der Waals surface area contributed by atoms with Gasteiger partial charge in [0.15, 0.2) is 5.60 Å². The standard InChI is InChI=1S/C27H40O5/c1-5-6-7-24(31)32-27(23(30)16-28)17(2)14-22-20-9-8-18-15-19(29)10-12-25(18,3)21(20)11-13-26(22,27)4/h11,17-18,20,22,28H,5-10,12-16H2,1-4H3/t17-,18-,20+,22-,25-,26-,27-/m0/s1. The first-order valence-electron chi connectivity index (χ1n) is 12.7. The highest BCUT2D eigenvalue weighted by molar-refractivity contribution is 5.92. The molecule has 5 heteroatoms. The van der Waals surface area contributed by atoms with Crippen molar-refractivity contribution in [2.24, 2.45) is 34.5 Å². The van der Waals surface area contributed by atoms with Gasteiger partial charge in [-0.1, -0.05) is 45.8 Å². The van der Waals surface area contributed by atoms with E-state index in [0.717, 1.165) is 38.5 Å². The van der Waals surface area contributed by atoms with Gasteiger partial charge in [-0.15, -0.1) is 0 Å². The average molecular weight is 445 g/mol. The summed E-state index contributed by atoms with van der Waals surface area (Å²) in [6, 6.07) is 0. The van der Waals surface area contributed by atoms with Crippen molar-refractivity contribution in [2.45, 2.75) is 97.5 Å². The lowest BCUT2D eigenvalue weighted by Crippen LogP contribution is -2.60. The Hall–Kier alpha value is -1.49. The highest BCUT2D eigenvalue weighted by Gasteiger charge is 2.70. The molecule has 0 aliphatic heterocycles. The molecule has 4 rings (SSSR count). The van der Waals surface area contributed by atoms with Crippen molar-refractivity contribution in [1.29, 1.82) is 0 Å². The van der Waals surface area contributed by atoms with Crippen LogP contribution in [0.1, 0.15) is 91.9 Å². The predicted octanol–water partition coefficient (Wildman–Crippen LogP) is 4.80. The van der Waals surface area contributed by atoms with Gasteiger partial charge in [0, 0.05) is 30.6 Å². The van der Waals surface area contributed by atoms with E-state index in [2.05, 4.69) is 19.9 Å². The van der Waals surface area contributed by atoms with Crippen LogP contribution in [-0.2, 0) is 19.1 Å². The summed E-state index contributed by atoms with van der Waals surface area (Å²) in [5.41, 5.74) is -0.235. The molecule has 5 nitrogen and oxygen atoms in total. The third-order valence-electron chi connectivity index (χ3n) is 9.95. The molecular formula is C27H40O5. The fourth-order valence-corrected chi connectivity index (χ4v) is 8.18. The largest absolute Gasteiger partial charge is 0.450 e. The lowest BCUT2D eigenvalue weighted by atomic mass is 9.48. The van der Waals surface area contributed by atoms with E-state index in [4.69, 9.17) is 4.74 Å². The molecule has 0 aromatic rings. The second kappa shape index (κ2) is 8.38. The molecule has 178 valence electrons. The molecule has 0 bridgehead atoms. The van der Waals surface area contributed by atoms with E-state index in [1.165, 1.54) is 5.57 Å². The van der Waals surface area contributed by atoms with Crippen molar-refractivity contribution in [3.05, 3.63) is 11.6 Å². The Bertz CT molecular complexity index is 830. The lowest BCUT2D eigenvalue weighted by molar-refractivity contribution is -0.191. The number of carbonyl (C=O) groups is 3. The Kier molecular flexibility index (Phi) is 6.19. The van der Waals surface area contributed by atoms with Crippen molar-refractivity contribution in [1.82, 2.24) is 0 Å². The van der Waals surface area contributed by atoms with Crippen molar-refractivity contribution in [2.75, 3.05) is 6.61 Å². The molecule has 0 heterocycles. The molecule has 0 amide bonds. The average Bonchev–Trinajstić information content (AvgIpc) is 2.99. The number of unbranched alkanes of at least 4 members (excludes halogenated alkanes) is 1. The zero-order valence-electron chi connectivity index (χ0n) is 20.2. The van der Waals surface area contributed by atoms with E-state index in [1.54, 1.807) is 0 Å². The second-order valence-corrected chi connectivity index (χ2v) is 11.5. The smallest absolute Gasteiger partial charge is 0.306 e. The number of Topliss-reactive ketones (excluding diaryl/α,β-unsaturated/α-hetero) is 2. The van der Waals surface area contributed by atoms with Gasteiger partial charge >= 0.3 is 5.97 Å². The van der Waals surface area contributed by atoms with E-state index in [-0.39, 0.29) is 29.0 Å².